The van der Waals surface area contributed by atoms with Gasteiger partial charge in [-0.2, -0.15) is 0 Å². The second kappa shape index (κ2) is 9.48. The number of imide groups is 1. The molecule has 0 atom stereocenters. The Morgan fingerprint density at radius 1 is 1.00 bits per heavy atom. The van der Waals surface area contributed by atoms with E-state index in [-0.39, 0.29) is 18.4 Å². The van der Waals surface area contributed by atoms with E-state index in [4.69, 9.17) is 4.74 Å². The van der Waals surface area contributed by atoms with Gasteiger partial charge in [0.15, 0.2) is 0 Å². The van der Waals surface area contributed by atoms with Gasteiger partial charge in [0.05, 0.1) is 13.7 Å². The van der Waals surface area contributed by atoms with Gasteiger partial charge in [0.25, 0.3) is 5.91 Å². The van der Waals surface area contributed by atoms with Gasteiger partial charge >= 0.3 is 0 Å². The first-order chi connectivity index (χ1) is 13.5. The molecular weight excluding hydrogens is 354 g/mol. The summed E-state index contributed by atoms with van der Waals surface area (Å²) >= 11 is 0. The molecule has 3 rings (SSSR count). The maximum atomic E-state index is 12.2. The summed E-state index contributed by atoms with van der Waals surface area (Å²) in [6.45, 7) is 6.72. The number of carbonyl (C=O) groups excluding carboxylic acids is 2. The Hall–Kier alpha value is -2.70. The van der Waals surface area contributed by atoms with E-state index in [0.717, 1.165) is 32.7 Å². The number of aryl methyl sites for hydroxylation is 1. The molecule has 1 heterocycles. The topological polar surface area (TPSA) is 61.9 Å². The molecule has 2 aromatic rings. The predicted molar refractivity (Wildman–Crippen MR) is 108 cm³/mol. The van der Waals surface area contributed by atoms with Gasteiger partial charge in [-0.05, 0) is 36.8 Å². The van der Waals surface area contributed by atoms with Crippen LogP contribution in [0.3, 0.4) is 0 Å². The number of amides is 2. The summed E-state index contributed by atoms with van der Waals surface area (Å²) in [5, 5.41) is 2.46. The number of rotatable bonds is 6. The monoisotopic (exact) mass is 381 g/mol. The van der Waals surface area contributed by atoms with Crippen molar-refractivity contribution < 1.29 is 14.3 Å². The number of benzene rings is 2. The molecular formula is C22H27N3O3. The van der Waals surface area contributed by atoms with Crippen molar-refractivity contribution in [2.75, 3.05) is 39.8 Å². The molecule has 0 bridgehead atoms. The molecule has 1 saturated heterocycles. The highest BCUT2D eigenvalue weighted by Gasteiger charge is 2.20. The van der Waals surface area contributed by atoms with Crippen molar-refractivity contribution >= 4 is 11.8 Å². The highest BCUT2D eigenvalue weighted by Crippen LogP contribution is 2.12. The van der Waals surface area contributed by atoms with E-state index >= 15 is 0 Å². The maximum Gasteiger partial charge on any atom is 0.257 e. The molecule has 0 aromatic heterocycles. The van der Waals surface area contributed by atoms with E-state index in [0.29, 0.717) is 11.3 Å². The molecule has 0 unspecified atom stereocenters. The molecule has 1 aliphatic heterocycles. The highest BCUT2D eigenvalue weighted by atomic mass is 16.5. The number of ether oxygens (including phenoxy) is 1. The highest BCUT2D eigenvalue weighted by molar-refractivity contribution is 6.05. The van der Waals surface area contributed by atoms with Crippen molar-refractivity contribution in [2.24, 2.45) is 0 Å². The third-order valence-electron chi connectivity index (χ3n) is 4.93. The predicted octanol–water partition coefficient (Wildman–Crippen LogP) is 2.08. The van der Waals surface area contributed by atoms with Crippen molar-refractivity contribution in [2.45, 2.75) is 13.5 Å². The van der Waals surface area contributed by atoms with Crippen LogP contribution in [0.1, 0.15) is 21.5 Å². The Morgan fingerprint density at radius 2 is 1.68 bits per heavy atom. The van der Waals surface area contributed by atoms with Crippen LogP contribution < -0.4 is 10.1 Å². The first-order valence-electron chi connectivity index (χ1n) is 9.52. The zero-order chi connectivity index (χ0) is 19.9. The number of piperazine rings is 1. The van der Waals surface area contributed by atoms with Gasteiger partial charge in [0.1, 0.15) is 5.75 Å². The van der Waals surface area contributed by atoms with E-state index in [9.17, 15) is 9.59 Å². The lowest BCUT2D eigenvalue weighted by Gasteiger charge is -2.34. The quantitative estimate of drug-likeness (QED) is 0.830. The van der Waals surface area contributed by atoms with Crippen LogP contribution >= 0.6 is 0 Å². The number of methoxy groups -OCH3 is 1. The Kier molecular flexibility index (Phi) is 6.79. The number of hydrogen-bond acceptors (Lipinski definition) is 5. The van der Waals surface area contributed by atoms with E-state index < -0.39 is 0 Å². The minimum absolute atomic E-state index is 0.236. The summed E-state index contributed by atoms with van der Waals surface area (Å²) in [4.78, 5) is 28.9. The second-order valence-corrected chi connectivity index (χ2v) is 7.15. The molecule has 2 amide bonds. The van der Waals surface area contributed by atoms with Crippen molar-refractivity contribution in [3.8, 4) is 5.75 Å². The average Bonchev–Trinajstić information content (AvgIpc) is 2.69. The van der Waals surface area contributed by atoms with Gasteiger partial charge in [-0.15, -0.1) is 0 Å². The summed E-state index contributed by atoms with van der Waals surface area (Å²) in [5.41, 5.74) is 3.03. The van der Waals surface area contributed by atoms with Gasteiger partial charge < -0.3 is 4.74 Å². The van der Waals surface area contributed by atoms with Crippen LogP contribution in [-0.4, -0.2) is 61.4 Å². The van der Waals surface area contributed by atoms with E-state index in [2.05, 4.69) is 46.3 Å². The van der Waals surface area contributed by atoms with Gasteiger partial charge in [0.2, 0.25) is 5.91 Å². The normalized spacial score (nSPS) is 15.2. The SMILES string of the molecule is COc1ccc(C(=O)NC(=O)CN2CCN(Cc3cccc(C)c3)CC2)cc1. The van der Waals surface area contributed by atoms with Crippen molar-refractivity contribution in [1.82, 2.24) is 15.1 Å². The van der Waals surface area contributed by atoms with E-state index in [1.165, 1.54) is 11.1 Å². The van der Waals surface area contributed by atoms with Gasteiger partial charge in [-0.3, -0.25) is 24.7 Å². The first kappa shape index (κ1) is 20.0. The zero-order valence-corrected chi connectivity index (χ0v) is 16.5. The molecule has 0 radical (unpaired) electrons. The molecule has 1 aliphatic rings. The third kappa shape index (κ3) is 5.65. The van der Waals surface area contributed by atoms with Crippen LogP contribution in [0.5, 0.6) is 5.75 Å². The number of nitrogens with zero attached hydrogens (tertiary/aromatic N) is 2. The summed E-state index contributed by atoms with van der Waals surface area (Å²) in [6.07, 6.45) is 0. The summed E-state index contributed by atoms with van der Waals surface area (Å²) in [6, 6.07) is 15.2. The fraction of sp³-hybridized carbons (Fsp3) is 0.364. The Morgan fingerprint density at radius 3 is 2.32 bits per heavy atom. The molecule has 28 heavy (non-hydrogen) atoms. The van der Waals surface area contributed by atoms with Crippen LogP contribution in [-0.2, 0) is 11.3 Å². The standard InChI is InChI=1S/C22H27N3O3/c1-17-4-3-5-18(14-17)15-24-10-12-25(13-11-24)16-21(26)23-22(27)19-6-8-20(28-2)9-7-19/h3-9,14H,10-13,15-16H2,1-2H3,(H,23,26,27). The summed E-state index contributed by atoms with van der Waals surface area (Å²) in [7, 11) is 1.57. The van der Waals surface area contributed by atoms with Crippen LogP contribution in [0.4, 0.5) is 0 Å². The Labute approximate surface area is 166 Å². The zero-order valence-electron chi connectivity index (χ0n) is 16.5. The van der Waals surface area contributed by atoms with Gasteiger partial charge in [0, 0.05) is 38.3 Å². The number of hydrogen-bond donors (Lipinski definition) is 1. The van der Waals surface area contributed by atoms with E-state index in [1.54, 1.807) is 31.4 Å². The molecule has 2 aromatic carbocycles. The largest absolute Gasteiger partial charge is 0.497 e. The van der Waals surface area contributed by atoms with Crippen LogP contribution in [0, 0.1) is 6.92 Å². The average molecular weight is 381 g/mol. The van der Waals surface area contributed by atoms with Crippen LogP contribution in [0.25, 0.3) is 0 Å². The lowest BCUT2D eigenvalue weighted by Crippen LogP contribution is -2.49. The molecule has 1 fully saturated rings. The third-order valence-corrected chi connectivity index (χ3v) is 4.93. The Balaban J connectivity index is 1.42. The maximum absolute atomic E-state index is 12.2. The van der Waals surface area contributed by atoms with Crippen LogP contribution in [0.2, 0.25) is 0 Å². The van der Waals surface area contributed by atoms with Crippen LogP contribution in [0.15, 0.2) is 48.5 Å². The summed E-state index contributed by atoms with van der Waals surface area (Å²) in [5.74, 6) is 0.0186. The first-order valence-corrected chi connectivity index (χ1v) is 9.52. The lowest BCUT2D eigenvalue weighted by molar-refractivity contribution is -0.121. The summed E-state index contributed by atoms with van der Waals surface area (Å²) < 4.78 is 5.07. The molecule has 1 N–H and O–H groups in total. The van der Waals surface area contributed by atoms with Crippen molar-refractivity contribution in [3.05, 3.63) is 65.2 Å². The minimum Gasteiger partial charge on any atom is -0.497 e. The fourth-order valence-corrected chi connectivity index (χ4v) is 3.36. The van der Waals surface area contributed by atoms with Gasteiger partial charge in [-0.1, -0.05) is 29.8 Å². The number of nitrogens with one attached hydrogen (secondary N) is 1. The van der Waals surface area contributed by atoms with Crippen molar-refractivity contribution in [1.29, 1.82) is 0 Å². The van der Waals surface area contributed by atoms with Gasteiger partial charge in [-0.25, -0.2) is 0 Å². The molecule has 0 saturated carbocycles. The fourth-order valence-electron chi connectivity index (χ4n) is 3.36. The molecule has 148 valence electrons. The Bertz CT molecular complexity index is 812. The number of carbonyl (C=O) groups is 2. The minimum atomic E-state index is -0.384. The molecule has 6 heteroatoms. The van der Waals surface area contributed by atoms with Crippen molar-refractivity contribution in [3.63, 3.8) is 0 Å². The molecule has 6 nitrogen and oxygen atoms in total. The van der Waals surface area contributed by atoms with E-state index in [1.807, 2.05) is 0 Å². The molecule has 0 aliphatic carbocycles. The smallest absolute Gasteiger partial charge is 0.257 e. The second-order valence-electron chi connectivity index (χ2n) is 7.15. The lowest BCUT2D eigenvalue weighted by atomic mass is 10.1. The molecule has 0 spiro atoms.